The van der Waals surface area contributed by atoms with E-state index in [1.165, 1.54) is 6.07 Å². The lowest BCUT2D eigenvalue weighted by molar-refractivity contribution is -0.0427. The Labute approximate surface area is 186 Å². The van der Waals surface area contributed by atoms with Crippen LogP contribution in [0.25, 0.3) is 0 Å². The third-order valence-electron chi connectivity index (χ3n) is 6.10. The Balaban J connectivity index is 1.84. The fraction of sp³-hybridized carbons (Fsp3) is 0.400. The zero-order chi connectivity index (χ0) is 23.4. The quantitative estimate of drug-likeness (QED) is 0.531. The lowest BCUT2D eigenvalue weighted by Crippen LogP contribution is -2.46. The molecule has 2 aromatic rings. The third-order valence-corrected chi connectivity index (χ3v) is 6.10. The van der Waals surface area contributed by atoms with E-state index in [1.54, 1.807) is 13.8 Å². The number of fused-ring (bicyclic) bond motifs is 2. The highest BCUT2D eigenvalue weighted by molar-refractivity contribution is 6.02. The second-order valence-electron chi connectivity index (χ2n) is 9.26. The van der Waals surface area contributed by atoms with Gasteiger partial charge in [0.2, 0.25) is 0 Å². The van der Waals surface area contributed by atoms with Gasteiger partial charge in [0, 0.05) is 35.2 Å². The number of aliphatic hydroxyl groups excluding tert-OH is 1. The molecule has 2 atom stereocenters. The van der Waals surface area contributed by atoms with Crippen LogP contribution in [0.1, 0.15) is 67.3 Å². The first-order valence-electron chi connectivity index (χ1n) is 10.6. The van der Waals surface area contributed by atoms with Crippen molar-refractivity contribution in [2.75, 3.05) is 0 Å². The molecular formula is C25H28O7. The Hall–Kier alpha value is -3.19. The molecule has 0 radical (unpaired) electrons. The highest BCUT2D eigenvalue weighted by Gasteiger charge is 2.40. The molecule has 2 aliphatic heterocycles. The third kappa shape index (κ3) is 3.77. The van der Waals surface area contributed by atoms with Crippen LogP contribution in [-0.4, -0.2) is 37.9 Å². The molecule has 0 fully saturated rings. The van der Waals surface area contributed by atoms with Crippen LogP contribution in [0.5, 0.6) is 28.7 Å². The number of carbonyl (C=O) groups is 1. The molecule has 0 saturated carbocycles. The average Bonchev–Trinajstić information content (AvgIpc) is 2.67. The number of ether oxygens (including phenoxy) is 2. The lowest BCUT2D eigenvalue weighted by atomic mass is 9.85. The van der Waals surface area contributed by atoms with Gasteiger partial charge >= 0.3 is 0 Å². The van der Waals surface area contributed by atoms with Crippen molar-refractivity contribution in [2.24, 2.45) is 0 Å². The minimum absolute atomic E-state index is 0.0319. The number of Topliss-reactive ketones (excluding diaryl/α,β-unsaturated/α-hetero) is 1. The first-order chi connectivity index (χ1) is 15.0. The van der Waals surface area contributed by atoms with Crippen molar-refractivity contribution in [1.29, 1.82) is 0 Å². The van der Waals surface area contributed by atoms with E-state index >= 15 is 0 Å². The zero-order valence-electron chi connectivity index (χ0n) is 18.6. The summed E-state index contributed by atoms with van der Waals surface area (Å²) in [6.45, 7) is 7.44. The fourth-order valence-electron chi connectivity index (χ4n) is 4.22. The van der Waals surface area contributed by atoms with E-state index < -0.39 is 17.8 Å². The van der Waals surface area contributed by atoms with Crippen molar-refractivity contribution in [1.82, 2.24) is 0 Å². The summed E-state index contributed by atoms with van der Waals surface area (Å²) in [6, 6.07) is 4.21. The number of benzene rings is 2. The number of aromatic hydroxyl groups is 3. The molecule has 170 valence electrons. The van der Waals surface area contributed by atoms with E-state index in [2.05, 4.69) is 0 Å². The Morgan fingerprint density at radius 1 is 1.16 bits per heavy atom. The molecule has 0 aliphatic carbocycles. The minimum Gasteiger partial charge on any atom is -0.508 e. The molecule has 2 aromatic carbocycles. The molecule has 7 heteroatoms. The van der Waals surface area contributed by atoms with Crippen LogP contribution in [0.15, 0.2) is 29.8 Å². The van der Waals surface area contributed by atoms with E-state index in [-0.39, 0.29) is 47.2 Å². The van der Waals surface area contributed by atoms with Gasteiger partial charge in [-0.15, -0.1) is 0 Å². The van der Waals surface area contributed by atoms with Gasteiger partial charge in [-0.25, -0.2) is 0 Å². The smallest absolute Gasteiger partial charge is 0.174 e. The monoisotopic (exact) mass is 440 g/mol. The van der Waals surface area contributed by atoms with Gasteiger partial charge in [-0.3, -0.25) is 4.79 Å². The molecule has 2 heterocycles. The Bertz CT molecular complexity index is 1130. The van der Waals surface area contributed by atoms with Gasteiger partial charge in [0.1, 0.15) is 34.5 Å². The molecule has 0 spiro atoms. The van der Waals surface area contributed by atoms with E-state index in [9.17, 15) is 25.2 Å². The number of phenolic OH excluding ortho intramolecular Hbond substituents is 3. The van der Waals surface area contributed by atoms with Gasteiger partial charge in [-0.2, -0.15) is 0 Å². The van der Waals surface area contributed by atoms with E-state index in [1.807, 2.05) is 26.0 Å². The minimum atomic E-state index is -0.856. The van der Waals surface area contributed by atoms with Crippen LogP contribution in [0.3, 0.4) is 0 Å². The second kappa shape index (κ2) is 7.74. The van der Waals surface area contributed by atoms with Gasteiger partial charge in [-0.05, 0) is 40.2 Å². The molecule has 0 aromatic heterocycles. The number of carbonyl (C=O) groups excluding carboxylic acids is 1. The van der Waals surface area contributed by atoms with Crippen molar-refractivity contribution in [3.8, 4) is 28.7 Å². The maximum Gasteiger partial charge on any atom is 0.174 e. The summed E-state index contributed by atoms with van der Waals surface area (Å²) in [7, 11) is 0. The molecule has 0 amide bonds. The maximum atomic E-state index is 12.8. The summed E-state index contributed by atoms with van der Waals surface area (Å²) in [4.78, 5) is 12.8. The predicted molar refractivity (Wildman–Crippen MR) is 118 cm³/mol. The molecular weight excluding hydrogens is 412 g/mol. The van der Waals surface area contributed by atoms with Crippen molar-refractivity contribution in [2.45, 2.75) is 64.8 Å². The molecule has 0 saturated heterocycles. The van der Waals surface area contributed by atoms with Gasteiger partial charge in [0.15, 0.2) is 17.3 Å². The molecule has 2 aliphatic rings. The summed E-state index contributed by atoms with van der Waals surface area (Å²) in [5, 5.41) is 41.6. The van der Waals surface area contributed by atoms with E-state index in [0.29, 0.717) is 28.9 Å². The van der Waals surface area contributed by atoms with Gasteiger partial charge < -0.3 is 29.9 Å². The summed E-state index contributed by atoms with van der Waals surface area (Å²) >= 11 is 0. The number of ketones is 1. The molecule has 32 heavy (non-hydrogen) atoms. The van der Waals surface area contributed by atoms with Gasteiger partial charge in [-0.1, -0.05) is 11.6 Å². The number of phenols is 3. The summed E-state index contributed by atoms with van der Waals surface area (Å²) in [5.74, 6) is -0.482. The van der Waals surface area contributed by atoms with Crippen LogP contribution in [0, 0.1) is 0 Å². The Morgan fingerprint density at radius 2 is 1.88 bits per heavy atom. The molecule has 4 rings (SSSR count). The van der Waals surface area contributed by atoms with Crippen molar-refractivity contribution in [3.63, 3.8) is 0 Å². The topological polar surface area (TPSA) is 116 Å². The number of rotatable bonds is 3. The maximum absolute atomic E-state index is 12.8. The normalized spacial score (nSPS) is 21.1. The Kier molecular flexibility index (Phi) is 5.33. The van der Waals surface area contributed by atoms with Crippen LogP contribution in [-0.2, 0) is 12.8 Å². The number of hydrogen-bond donors (Lipinski definition) is 4. The Morgan fingerprint density at radius 3 is 2.56 bits per heavy atom. The standard InChI is InChI=1S/C25H28O7/c1-12(2)5-6-15-16(7-13-8-21(29)25(3,4)32-24(13)23(15)30)19-11-18(28)22-17(27)9-14(26)10-20(22)31-19/h5,7,9-10,19,21,26-27,29-30H,6,8,11H2,1-4H3. The number of hydrogen-bond acceptors (Lipinski definition) is 7. The number of allylic oxidation sites excluding steroid dienone is 2. The van der Waals surface area contributed by atoms with Crippen LogP contribution in [0.4, 0.5) is 0 Å². The summed E-state index contributed by atoms with van der Waals surface area (Å²) in [6.07, 6.45) is 1.10. The SMILES string of the molecule is CC(C)=CCc1c(C2CC(=O)c3c(O)cc(O)cc3O2)cc2c(c1O)OC(C)(C)C(O)C2. The lowest BCUT2D eigenvalue weighted by Gasteiger charge is -2.38. The first-order valence-corrected chi connectivity index (χ1v) is 10.6. The average molecular weight is 440 g/mol. The molecule has 0 bridgehead atoms. The predicted octanol–water partition coefficient (Wildman–Crippen LogP) is 4.09. The van der Waals surface area contributed by atoms with Crippen LogP contribution < -0.4 is 9.47 Å². The highest BCUT2D eigenvalue weighted by atomic mass is 16.5. The van der Waals surface area contributed by atoms with Crippen molar-refractivity contribution < 1.29 is 34.7 Å². The van der Waals surface area contributed by atoms with Gasteiger partial charge in [0.25, 0.3) is 0 Å². The second-order valence-corrected chi connectivity index (χ2v) is 9.26. The highest BCUT2D eigenvalue weighted by Crippen LogP contribution is 2.48. The fourth-order valence-corrected chi connectivity index (χ4v) is 4.22. The van der Waals surface area contributed by atoms with E-state index in [0.717, 1.165) is 11.6 Å². The van der Waals surface area contributed by atoms with Crippen LogP contribution in [0.2, 0.25) is 0 Å². The molecule has 2 unspecified atom stereocenters. The zero-order valence-corrected chi connectivity index (χ0v) is 18.6. The molecule has 4 N–H and O–H groups in total. The molecule has 7 nitrogen and oxygen atoms in total. The van der Waals surface area contributed by atoms with Crippen LogP contribution >= 0.6 is 0 Å². The largest absolute Gasteiger partial charge is 0.508 e. The van der Waals surface area contributed by atoms with Crippen molar-refractivity contribution in [3.05, 3.63) is 52.1 Å². The van der Waals surface area contributed by atoms with Crippen molar-refractivity contribution >= 4 is 5.78 Å². The van der Waals surface area contributed by atoms with E-state index in [4.69, 9.17) is 9.47 Å². The first kappa shape index (κ1) is 22.0. The number of aliphatic hydroxyl groups is 1. The summed E-state index contributed by atoms with van der Waals surface area (Å²) < 4.78 is 12.0. The van der Waals surface area contributed by atoms with Gasteiger partial charge in [0.05, 0.1) is 12.5 Å². The summed E-state index contributed by atoms with van der Waals surface area (Å²) in [5.41, 5.74) is 2.05.